The largest absolute Gasteiger partial charge is 0.349 e. The standard InChI is InChI=1S/C14H20ClN3O/c1-8-3-5-12(9(8)2)17-14(19)11-7-10(15)4-6-13(11)18-16/h4,6-9,12,18H,3,5,16H2,1-2H3,(H,17,19). The van der Waals surface area contributed by atoms with Gasteiger partial charge in [-0.1, -0.05) is 25.4 Å². The van der Waals surface area contributed by atoms with Crippen molar-refractivity contribution in [2.45, 2.75) is 32.7 Å². The first-order valence-electron chi connectivity index (χ1n) is 6.60. The fraction of sp³-hybridized carbons (Fsp3) is 0.500. The number of nitrogen functional groups attached to an aromatic ring is 1. The van der Waals surface area contributed by atoms with Crippen molar-refractivity contribution in [3.63, 3.8) is 0 Å². The zero-order valence-corrected chi connectivity index (χ0v) is 12.0. The van der Waals surface area contributed by atoms with Crippen LogP contribution >= 0.6 is 11.6 Å². The van der Waals surface area contributed by atoms with E-state index in [4.69, 9.17) is 17.4 Å². The lowest BCUT2D eigenvalue weighted by Gasteiger charge is -2.20. The van der Waals surface area contributed by atoms with Crippen LogP contribution in [0.15, 0.2) is 18.2 Å². The minimum Gasteiger partial charge on any atom is -0.349 e. The highest BCUT2D eigenvalue weighted by molar-refractivity contribution is 6.31. The second-order valence-electron chi connectivity index (χ2n) is 5.33. The minimum atomic E-state index is -0.124. The summed E-state index contributed by atoms with van der Waals surface area (Å²) in [7, 11) is 0. The maximum absolute atomic E-state index is 12.3. The van der Waals surface area contributed by atoms with Crippen molar-refractivity contribution in [3.05, 3.63) is 28.8 Å². The molecule has 2 rings (SSSR count). The number of rotatable bonds is 3. The first kappa shape index (κ1) is 14.2. The predicted octanol–water partition coefficient (Wildman–Crippen LogP) is 2.79. The summed E-state index contributed by atoms with van der Waals surface area (Å²) in [5.74, 6) is 6.45. The molecule has 1 aromatic carbocycles. The lowest BCUT2D eigenvalue weighted by atomic mass is 9.97. The molecule has 104 valence electrons. The first-order valence-corrected chi connectivity index (χ1v) is 6.97. The molecule has 0 bridgehead atoms. The maximum Gasteiger partial charge on any atom is 0.253 e. The molecule has 0 saturated heterocycles. The van der Waals surface area contributed by atoms with Gasteiger partial charge in [-0.05, 0) is 42.9 Å². The molecular weight excluding hydrogens is 262 g/mol. The number of carbonyl (C=O) groups excluding carboxylic acids is 1. The number of hydrazine groups is 1. The van der Waals surface area contributed by atoms with Crippen LogP contribution in [0.3, 0.4) is 0 Å². The van der Waals surface area contributed by atoms with Crippen molar-refractivity contribution in [3.8, 4) is 0 Å². The highest BCUT2D eigenvalue weighted by Crippen LogP contribution is 2.31. The van der Waals surface area contributed by atoms with Crippen LogP contribution in [-0.4, -0.2) is 11.9 Å². The van der Waals surface area contributed by atoms with Gasteiger partial charge < -0.3 is 10.7 Å². The number of anilines is 1. The minimum absolute atomic E-state index is 0.124. The molecule has 1 aliphatic rings. The Labute approximate surface area is 118 Å². The highest BCUT2D eigenvalue weighted by atomic mass is 35.5. The second-order valence-corrected chi connectivity index (χ2v) is 5.76. The number of hydrogen-bond donors (Lipinski definition) is 3. The molecule has 1 aromatic rings. The Balaban J connectivity index is 2.14. The van der Waals surface area contributed by atoms with Gasteiger partial charge in [0.2, 0.25) is 0 Å². The molecule has 0 spiro atoms. The number of carbonyl (C=O) groups is 1. The van der Waals surface area contributed by atoms with Crippen molar-refractivity contribution in [1.29, 1.82) is 0 Å². The van der Waals surface area contributed by atoms with Crippen LogP contribution in [0, 0.1) is 11.8 Å². The second kappa shape index (κ2) is 5.80. The third-order valence-electron chi connectivity index (χ3n) is 4.16. The molecule has 1 fully saturated rings. The number of halogens is 1. The van der Waals surface area contributed by atoms with Gasteiger partial charge in [0, 0.05) is 11.1 Å². The smallest absolute Gasteiger partial charge is 0.253 e. The van der Waals surface area contributed by atoms with Gasteiger partial charge in [0.15, 0.2) is 0 Å². The van der Waals surface area contributed by atoms with E-state index in [9.17, 15) is 4.79 Å². The molecule has 0 aliphatic heterocycles. The van der Waals surface area contributed by atoms with Crippen LogP contribution in [0.5, 0.6) is 0 Å². The Morgan fingerprint density at radius 1 is 1.37 bits per heavy atom. The summed E-state index contributed by atoms with van der Waals surface area (Å²) < 4.78 is 0. The van der Waals surface area contributed by atoms with Gasteiger partial charge in [0.1, 0.15) is 0 Å². The molecule has 3 atom stereocenters. The quantitative estimate of drug-likeness (QED) is 0.589. The summed E-state index contributed by atoms with van der Waals surface area (Å²) in [6, 6.07) is 5.27. The summed E-state index contributed by atoms with van der Waals surface area (Å²) >= 11 is 5.94. The number of nitrogens with two attached hydrogens (primary N) is 1. The lowest BCUT2D eigenvalue weighted by molar-refractivity contribution is 0.0928. The average Bonchev–Trinajstić information content (AvgIpc) is 2.70. The van der Waals surface area contributed by atoms with E-state index in [2.05, 4.69) is 24.6 Å². The molecule has 4 N–H and O–H groups in total. The molecule has 0 aromatic heterocycles. The topological polar surface area (TPSA) is 67.2 Å². The summed E-state index contributed by atoms with van der Waals surface area (Å²) in [6.45, 7) is 4.41. The zero-order valence-electron chi connectivity index (χ0n) is 11.2. The van der Waals surface area contributed by atoms with E-state index in [0.29, 0.717) is 28.1 Å². The van der Waals surface area contributed by atoms with Gasteiger partial charge in [-0.2, -0.15) is 0 Å². The predicted molar refractivity (Wildman–Crippen MR) is 78.1 cm³/mol. The Kier molecular flexibility index (Phi) is 4.32. The van der Waals surface area contributed by atoms with Crippen molar-refractivity contribution >= 4 is 23.2 Å². The van der Waals surface area contributed by atoms with Crippen LogP contribution in [0.2, 0.25) is 5.02 Å². The van der Waals surface area contributed by atoms with Gasteiger partial charge in [0.25, 0.3) is 5.91 Å². The average molecular weight is 282 g/mol. The zero-order chi connectivity index (χ0) is 14.0. The molecule has 1 amide bonds. The summed E-state index contributed by atoms with van der Waals surface area (Å²) in [5, 5.41) is 3.61. The van der Waals surface area contributed by atoms with Gasteiger partial charge >= 0.3 is 0 Å². The molecule has 1 aliphatic carbocycles. The van der Waals surface area contributed by atoms with E-state index in [1.807, 2.05) is 0 Å². The van der Waals surface area contributed by atoms with Crippen molar-refractivity contribution in [1.82, 2.24) is 5.32 Å². The Morgan fingerprint density at radius 2 is 2.11 bits per heavy atom. The first-order chi connectivity index (χ1) is 9.02. The third kappa shape index (κ3) is 3.01. The Morgan fingerprint density at radius 3 is 2.68 bits per heavy atom. The van der Waals surface area contributed by atoms with E-state index < -0.39 is 0 Å². The molecule has 1 saturated carbocycles. The van der Waals surface area contributed by atoms with Crippen molar-refractivity contribution in [2.75, 3.05) is 5.43 Å². The SMILES string of the molecule is CC1CCC(NC(=O)c2cc(Cl)ccc2NN)C1C. The molecule has 0 radical (unpaired) electrons. The fourth-order valence-corrected chi connectivity index (χ4v) is 2.82. The van der Waals surface area contributed by atoms with E-state index in [1.54, 1.807) is 18.2 Å². The molecule has 0 heterocycles. The molecule has 4 nitrogen and oxygen atoms in total. The van der Waals surface area contributed by atoms with E-state index in [1.165, 1.54) is 0 Å². The lowest BCUT2D eigenvalue weighted by Crippen LogP contribution is -2.37. The van der Waals surface area contributed by atoms with Gasteiger partial charge in [-0.3, -0.25) is 10.6 Å². The summed E-state index contributed by atoms with van der Waals surface area (Å²) in [4.78, 5) is 12.3. The van der Waals surface area contributed by atoms with E-state index >= 15 is 0 Å². The normalized spacial score (nSPS) is 26.2. The van der Waals surface area contributed by atoms with E-state index in [0.717, 1.165) is 12.8 Å². The maximum atomic E-state index is 12.3. The Hall–Kier alpha value is -1.26. The fourth-order valence-electron chi connectivity index (χ4n) is 2.64. The van der Waals surface area contributed by atoms with Gasteiger partial charge in [-0.25, -0.2) is 0 Å². The molecule has 19 heavy (non-hydrogen) atoms. The summed E-state index contributed by atoms with van der Waals surface area (Å²) in [6.07, 6.45) is 2.18. The van der Waals surface area contributed by atoms with Crippen LogP contribution in [-0.2, 0) is 0 Å². The summed E-state index contributed by atoms with van der Waals surface area (Å²) in [5.41, 5.74) is 3.60. The van der Waals surface area contributed by atoms with Crippen LogP contribution in [0.25, 0.3) is 0 Å². The number of benzene rings is 1. The van der Waals surface area contributed by atoms with Crippen LogP contribution in [0.1, 0.15) is 37.0 Å². The van der Waals surface area contributed by atoms with E-state index in [-0.39, 0.29) is 11.9 Å². The number of amides is 1. The highest BCUT2D eigenvalue weighted by Gasteiger charge is 2.31. The van der Waals surface area contributed by atoms with Crippen LogP contribution < -0.4 is 16.6 Å². The van der Waals surface area contributed by atoms with Gasteiger partial charge in [-0.15, -0.1) is 0 Å². The number of nitrogens with one attached hydrogen (secondary N) is 2. The van der Waals surface area contributed by atoms with Crippen molar-refractivity contribution in [2.24, 2.45) is 17.7 Å². The van der Waals surface area contributed by atoms with Crippen molar-refractivity contribution < 1.29 is 4.79 Å². The Bertz CT molecular complexity index is 478. The van der Waals surface area contributed by atoms with Crippen LogP contribution in [0.4, 0.5) is 5.69 Å². The molecular formula is C14H20ClN3O. The monoisotopic (exact) mass is 281 g/mol. The molecule has 3 unspecified atom stereocenters. The third-order valence-corrected chi connectivity index (χ3v) is 4.40. The number of hydrogen-bond acceptors (Lipinski definition) is 3. The van der Waals surface area contributed by atoms with Gasteiger partial charge in [0.05, 0.1) is 11.3 Å². The molecule has 5 heteroatoms.